The van der Waals surface area contributed by atoms with Crippen molar-refractivity contribution in [3.8, 4) is 5.75 Å². The first-order valence-electron chi connectivity index (χ1n) is 10.9. The van der Waals surface area contributed by atoms with Crippen molar-refractivity contribution in [2.45, 2.75) is 82.1 Å². The van der Waals surface area contributed by atoms with Crippen molar-refractivity contribution < 1.29 is 26.7 Å². The molecule has 1 aromatic carbocycles. The van der Waals surface area contributed by atoms with Crippen molar-refractivity contribution in [2.24, 2.45) is 11.8 Å². The molecule has 1 saturated carbocycles. The van der Waals surface area contributed by atoms with E-state index in [0.717, 1.165) is 43.7 Å². The molecule has 0 unspecified atom stereocenters. The first-order valence-corrected chi connectivity index (χ1v) is 13.4. The van der Waals surface area contributed by atoms with Gasteiger partial charge in [-0.15, -0.1) is 0 Å². The zero-order valence-corrected chi connectivity index (χ0v) is 18.2. The Kier molecular flexibility index (Phi) is 7.62. The van der Waals surface area contributed by atoms with E-state index in [9.17, 15) is 22.0 Å². The topological polar surface area (TPSA) is 9.23 Å². The van der Waals surface area contributed by atoms with Gasteiger partial charge in [-0.05, 0) is 61.1 Å². The highest BCUT2D eigenvalue weighted by Gasteiger charge is 2.33. The zero-order chi connectivity index (χ0) is 21.0. The number of halogens is 5. The molecule has 0 amide bonds. The Morgan fingerprint density at radius 2 is 1.48 bits per heavy atom. The minimum Gasteiger partial charge on any atom is -0.478 e. The Labute approximate surface area is 171 Å². The smallest absolute Gasteiger partial charge is 0.422 e. The summed E-state index contributed by atoms with van der Waals surface area (Å²) < 4.78 is 69.5. The van der Waals surface area contributed by atoms with Gasteiger partial charge in [0, 0.05) is 8.80 Å². The van der Waals surface area contributed by atoms with E-state index in [-0.39, 0.29) is 5.92 Å². The second-order valence-electron chi connectivity index (χ2n) is 8.90. The highest BCUT2D eigenvalue weighted by atomic mass is 28.3. The maximum absolute atomic E-state index is 14.2. The Bertz CT molecular complexity index is 639. The molecular formula is C22H31F5OSi. The van der Waals surface area contributed by atoms with Crippen LogP contribution in [-0.2, 0) is 0 Å². The number of alkyl halides is 3. The summed E-state index contributed by atoms with van der Waals surface area (Å²) in [6, 6.07) is 6.71. The quantitative estimate of drug-likeness (QED) is 0.339. The van der Waals surface area contributed by atoms with Gasteiger partial charge in [-0.2, -0.15) is 13.2 Å². The normalized spacial score (nSPS) is 28.3. The molecule has 1 saturated heterocycles. The molecule has 1 nitrogen and oxygen atoms in total. The lowest BCUT2D eigenvalue weighted by molar-refractivity contribution is -0.154. The van der Waals surface area contributed by atoms with Gasteiger partial charge >= 0.3 is 6.18 Å². The van der Waals surface area contributed by atoms with Crippen LogP contribution in [-0.4, -0.2) is 21.6 Å². The van der Waals surface area contributed by atoms with Crippen LogP contribution >= 0.6 is 0 Å². The fourth-order valence-electron chi connectivity index (χ4n) is 5.39. The van der Waals surface area contributed by atoms with E-state index in [1.165, 1.54) is 37.4 Å². The van der Waals surface area contributed by atoms with E-state index >= 15 is 0 Å². The average Bonchev–Trinajstić information content (AvgIpc) is 2.67. The van der Waals surface area contributed by atoms with Crippen molar-refractivity contribution in [3.63, 3.8) is 0 Å². The van der Waals surface area contributed by atoms with E-state index in [2.05, 4.69) is 11.7 Å². The molecular weight excluding hydrogens is 403 g/mol. The number of benzene rings is 1. The summed E-state index contributed by atoms with van der Waals surface area (Å²) in [5, 5.41) is 0. The zero-order valence-electron chi connectivity index (χ0n) is 17.0. The third-order valence-corrected chi connectivity index (χ3v) is 10.6. The van der Waals surface area contributed by atoms with Crippen molar-refractivity contribution in [2.75, 3.05) is 6.61 Å². The van der Waals surface area contributed by atoms with Gasteiger partial charge in [0.2, 0.25) is 0 Å². The summed E-state index contributed by atoms with van der Waals surface area (Å²) in [7, 11) is -0.479. The van der Waals surface area contributed by atoms with Crippen LogP contribution in [0.25, 0.3) is 0 Å². The van der Waals surface area contributed by atoms with Crippen LogP contribution in [0.15, 0.2) is 12.1 Å². The molecule has 1 aliphatic heterocycles. The molecule has 0 spiro atoms. The molecule has 0 radical (unpaired) electrons. The van der Waals surface area contributed by atoms with Crippen LogP contribution in [0, 0.1) is 23.5 Å². The standard InChI is InChI=1S/C22H31F5OSi/c1-2-9-29-10-7-17(8-11-29)15-3-5-16(6-4-15)18-12-19(23)21(20(24)13-18)28-14-22(25,26)27/h12-13,15-17,29H,2-11,14H2,1H3/t15-,16-,17-,29-. The summed E-state index contributed by atoms with van der Waals surface area (Å²) in [6.45, 7) is 0.579. The Balaban J connectivity index is 1.54. The van der Waals surface area contributed by atoms with Gasteiger partial charge in [0.1, 0.15) is 0 Å². The van der Waals surface area contributed by atoms with Gasteiger partial charge in [-0.1, -0.05) is 44.3 Å². The largest absolute Gasteiger partial charge is 0.478 e. The SMILES string of the molecule is CCC[Si@H]1CC[C@H]([C@H]2CC[C@H](c3cc(F)c(OCC(F)(F)F)c(F)c3)CC2)CC1. The summed E-state index contributed by atoms with van der Waals surface area (Å²) >= 11 is 0. The van der Waals surface area contributed by atoms with Crippen LogP contribution < -0.4 is 4.74 Å². The lowest BCUT2D eigenvalue weighted by Gasteiger charge is -2.37. The second kappa shape index (κ2) is 9.80. The third kappa shape index (κ3) is 6.19. The number of hydrogen-bond acceptors (Lipinski definition) is 1. The molecule has 7 heteroatoms. The van der Waals surface area contributed by atoms with Crippen LogP contribution in [0.3, 0.4) is 0 Å². The van der Waals surface area contributed by atoms with E-state index in [1.54, 1.807) is 0 Å². The molecule has 1 aliphatic carbocycles. The first kappa shape index (κ1) is 22.6. The van der Waals surface area contributed by atoms with Crippen LogP contribution in [0.1, 0.15) is 63.4 Å². The van der Waals surface area contributed by atoms with E-state index in [0.29, 0.717) is 11.5 Å². The lowest BCUT2D eigenvalue weighted by atomic mass is 9.72. The molecule has 29 heavy (non-hydrogen) atoms. The van der Waals surface area contributed by atoms with Gasteiger partial charge < -0.3 is 4.74 Å². The molecule has 1 aromatic rings. The summed E-state index contributed by atoms with van der Waals surface area (Å²) in [6.07, 6.45) is 3.34. The number of rotatable bonds is 6. The third-order valence-electron chi connectivity index (χ3n) is 6.90. The maximum Gasteiger partial charge on any atom is 0.422 e. The molecule has 0 N–H and O–H groups in total. The van der Waals surface area contributed by atoms with Gasteiger partial charge in [-0.25, -0.2) is 8.78 Å². The minimum atomic E-state index is -4.63. The molecule has 2 aliphatic rings. The molecule has 0 atom stereocenters. The van der Waals surface area contributed by atoms with Crippen molar-refractivity contribution in [1.29, 1.82) is 0 Å². The fraction of sp³-hybridized carbons (Fsp3) is 0.727. The summed E-state index contributed by atoms with van der Waals surface area (Å²) in [4.78, 5) is 0. The molecule has 2 fully saturated rings. The number of hydrogen-bond donors (Lipinski definition) is 0. The number of ether oxygens (including phenoxy) is 1. The van der Waals surface area contributed by atoms with Crippen LogP contribution in [0.5, 0.6) is 5.75 Å². The fourth-order valence-corrected chi connectivity index (χ4v) is 8.87. The van der Waals surface area contributed by atoms with Crippen molar-refractivity contribution in [1.82, 2.24) is 0 Å². The van der Waals surface area contributed by atoms with Gasteiger partial charge in [-0.3, -0.25) is 0 Å². The van der Waals surface area contributed by atoms with Crippen molar-refractivity contribution in [3.05, 3.63) is 29.3 Å². The van der Waals surface area contributed by atoms with Gasteiger partial charge in [0.15, 0.2) is 24.0 Å². The molecule has 0 bridgehead atoms. The second-order valence-corrected chi connectivity index (χ2v) is 12.4. The average molecular weight is 435 g/mol. The highest BCUT2D eigenvalue weighted by molar-refractivity contribution is 6.58. The predicted molar refractivity (Wildman–Crippen MR) is 107 cm³/mol. The summed E-state index contributed by atoms with van der Waals surface area (Å²) in [5.74, 6) is -1.45. The van der Waals surface area contributed by atoms with E-state index in [4.69, 9.17) is 0 Å². The Hall–Kier alpha value is -1.11. The van der Waals surface area contributed by atoms with Crippen LogP contribution in [0.4, 0.5) is 22.0 Å². The Morgan fingerprint density at radius 3 is 2.00 bits per heavy atom. The van der Waals surface area contributed by atoms with Gasteiger partial charge in [0.25, 0.3) is 0 Å². The molecule has 3 rings (SSSR count). The van der Waals surface area contributed by atoms with Gasteiger partial charge in [0.05, 0.1) is 0 Å². The molecule has 164 valence electrons. The monoisotopic (exact) mass is 434 g/mol. The molecule has 0 aromatic heterocycles. The first-order chi connectivity index (χ1) is 13.8. The predicted octanol–water partition coefficient (Wildman–Crippen LogP) is 7.23. The van der Waals surface area contributed by atoms with Crippen molar-refractivity contribution >= 4 is 8.80 Å². The summed E-state index contributed by atoms with van der Waals surface area (Å²) in [5.41, 5.74) is 0.539. The highest BCUT2D eigenvalue weighted by Crippen LogP contribution is 2.44. The molecule has 1 heterocycles. The minimum absolute atomic E-state index is 0.0673. The maximum atomic E-state index is 14.2. The van der Waals surface area contributed by atoms with E-state index < -0.39 is 39.0 Å². The Morgan fingerprint density at radius 1 is 0.931 bits per heavy atom. The van der Waals surface area contributed by atoms with Crippen LogP contribution in [0.2, 0.25) is 18.1 Å². The lowest BCUT2D eigenvalue weighted by Crippen LogP contribution is -2.28. The van der Waals surface area contributed by atoms with E-state index in [1.807, 2.05) is 0 Å².